The van der Waals surface area contributed by atoms with Gasteiger partial charge in [-0.2, -0.15) is 0 Å². The highest BCUT2D eigenvalue weighted by molar-refractivity contribution is 5.98. The van der Waals surface area contributed by atoms with Gasteiger partial charge in [-0.15, -0.1) is 0 Å². The average molecular weight is 891 g/mol. The summed E-state index contributed by atoms with van der Waals surface area (Å²) in [5.74, 6) is -2.00. The van der Waals surface area contributed by atoms with E-state index in [9.17, 15) is 5.11 Å². The van der Waals surface area contributed by atoms with Crippen LogP contribution in [0.25, 0.3) is 95.0 Å². The van der Waals surface area contributed by atoms with E-state index in [1.807, 2.05) is 115 Å². The molecule has 0 aliphatic heterocycles. The van der Waals surface area contributed by atoms with Crippen LogP contribution in [0.3, 0.4) is 0 Å². The number of aromatic hydroxyl groups is 1. The number of phenolic OH excluding ortho intramolecular Hbond substituents is 1. The molecule has 2 aromatic heterocycles. The van der Waals surface area contributed by atoms with Gasteiger partial charge in [-0.05, 0) is 122 Å². The number of imidazole rings is 1. The lowest BCUT2D eigenvalue weighted by Crippen LogP contribution is -2.17. The Morgan fingerprint density at radius 1 is 0.463 bits per heavy atom. The highest BCUT2D eigenvalue weighted by Gasteiger charge is 2.29. The fourth-order valence-corrected chi connectivity index (χ4v) is 8.63. The van der Waals surface area contributed by atoms with Crippen molar-refractivity contribution in [3.63, 3.8) is 0 Å². The second-order valence-corrected chi connectivity index (χ2v) is 16.5. The Morgan fingerprint density at radius 3 is 1.75 bits per heavy atom. The van der Waals surface area contributed by atoms with Crippen LogP contribution in [-0.4, -0.2) is 19.6 Å². The van der Waals surface area contributed by atoms with E-state index in [2.05, 4.69) is 0 Å². The van der Waals surface area contributed by atoms with E-state index in [-0.39, 0.29) is 33.9 Å². The molecule has 4 heteroatoms. The summed E-state index contributed by atoms with van der Waals surface area (Å²) in [6.07, 6.45) is 1.69. The number of fused-ring (bicyclic) bond motifs is 1. The number of hydrogen-bond acceptors (Lipinski definition) is 3. The van der Waals surface area contributed by atoms with Gasteiger partial charge in [0, 0.05) is 57.2 Å². The van der Waals surface area contributed by atoms with Crippen molar-refractivity contribution in [1.82, 2.24) is 14.5 Å². The van der Waals surface area contributed by atoms with Crippen molar-refractivity contribution in [2.75, 3.05) is 0 Å². The van der Waals surface area contributed by atoms with E-state index in [0.717, 1.165) is 27.8 Å². The first-order valence-corrected chi connectivity index (χ1v) is 21.4. The van der Waals surface area contributed by atoms with E-state index >= 15 is 0 Å². The van der Waals surface area contributed by atoms with Gasteiger partial charge < -0.3 is 5.11 Å². The van der Waals surface area contributed by atoms with E-state index in [4.69, 9.17) is 38.8 Å². The first-order chi connectivity index (χ1) is 41.0. The molecule has 0 aliphatic carbocycles. The molecule has 328 valence electrons. The largest absolute Gasteiger partial charge is 0.507 e. The fourth-order valence-electron chi connectivity index (χ4n) is 8.63. The summed E-state index contributed by atoms with van der Waals surface area (Å²) >= 11 is 0. The molecule has 0 saturated heterocycles. The molecule has 0 saturated carbocycles. The number of benzene rings is 8. The summed E-state index contributed by atoms with van der Waals surface area (Å²) < 4.78 is 185. The zero-order valence-corrected chi connectivity index (χ0v) is 35.8. The topological polar surface area (TPSA) is 50.9 Å². The lowest BCUT2D eigenvalue weighted by molar-refractivity contribution is 0.446. The molecule has 0 fully saturated rings. The van der Waals surface area contributed by atoms with Crippen molar-refractivity contribution >= 4 is 11.0 Å². The molecule has 10 aromatic rings. The van der Waals surface area contributed by atoms with Crippen LogP contribution < -0.4 is 0 Å². The number of para-hydroxylation sites is 1. The quantitative estimate of drug-likeness (QED) is 0.165. The van der Waals surface area contributed by atoms with Gasteiger partial charge in [0.15, 0.2) is 0 Å². The Morgan fingerprint density at radius 2 is 1.07 bits per heavy atom. The lowest BCUT2D eigenvalue weighted by atomic mass is 9.79. The molecule has 0 unspecified atom stereocenters. The Balaban J connectivity index is 1.35. The Kier molecular flexibility index (Phi) is 6.46. The summed E-state index contributed by atoms with van der Waals surface area (Å²) in [6.45, 7) is -27.6. The smallest absolute Gasteiger partial charge is 0.149 e. The second kappa shape index (κ2) is 17.2. The van der Waals surface area contributed by atoms with Crippen LogP contribution in [-0.2, 0) is 10.8 Å². The number of aryl methyl sites for hydroxylation is 1. The minimum atomic E-state index is -4.21. The summed E-state index contributed by atoms with van der Waals surface area (Å²) in [7, 11) is 0. The first kappa shape index (κ1) is 25.2. The van der Waals surface area contributed by atoms with Crippen LogP contribution in [0.5, 0.6) is 5.75 Å². The molecule has 0 amide bonds. The van der Waals surface area contributed by atoms with Crippen LogP contribution in [0.4, 0.5) is 0 Å². The standard InChI is InChI=1S/C63H55N3O/c1-41-26-31-57(53(34-41)46-22-15-10-16-23-46)66-58-25-17-24-52(59(58)65-61(66)54-39-51(62(2,3)4)40-55(60(54)67)63(5,6)7)49-35-48(43-20-13-9-14-21-43)36-50(37-49)56-38-47(32-33-64-56)45-29-27-44(28-30-45)42-18-11-8-12-19-42/h8-40,67H,1-7H3/i1D3,2D3,3D3,4D3,5D3,6D3,7D3. The van der Waals surface area contributed by atoms with Gasteiger partial charge in [0.05, 0.1) is 28.0 Å². The molecular weight excluding hydrogens is 815 g/mol. The van der Waals surface area contributed by atoms with Gasteiger partial charge in [0.25, 0.3) is 0 Å². The molecule has 2 heterocycles. The number of phenols is 1. The van der Waals surface area contributed by atoms with Gasteiger partial charge in [0.1, 0.15) is 11.6 Å². The van der Waals surface area contributed by atoms with Gasteiger partial charge in [-0.3, -0.25) is 9.55 Å². The molecule has 0 aliphatic rings. The van der Waals surface area contributed by atoms with Crippen LogP contribution in [0.15, 0.2) is 200 Å². The number of rotatable bonds is 8. The van der Waals surface area contributed by atoms with E-state index in [0.29, 0.717) is 39.6 Å². The molecule has 0 bridgehead atoms. The van der Waals surface area contributed by atoms with Crippen LogP contribution in [0.2, 0.25) is 0 Å². The van der Waals surface area contributed by atoms with Crippen molar-refractivity contribution in [3.8, 4) is 89.7 Å². The van der Waals surface area contributed by atoms with Gasteiger partial charge in [0.2, 0.25) is 0 Å². The van der Waals surface area contributed by atoms with Crippen LogP contribution >= 0.6 is 0 Å². The molecule has 4 nitrogen and oxygen atoms in total. The summed E-state index contributed by atoms with van der Waals surface area (Å²) in [5.41, 5.74) is -3.97. The molecule has 0 atom stereocenters. The minimum absolute atomic E-state index is 0.0570. The Bertz CT molecular complexity index is 4150. The number of nitrogens with zero attached hydrogens (tertiary/aromatic N) is 3. The SMILES string of the molecule is [2H]C([2H])([2H])c1ccc(-n2c(-c3cc(C(C([2H])([2H])[2H])(C([2H])([2H])[2H])C([2H])([2H])[2H])cc(C(C([2H])([2H])[2H])(C([2H])([2H])[2H])C([2H])([2H])[2H])c3O)nc3c(-c4cc(-c5ccccc5)cc(-c5cc(-c6ccc(-c7ccccc7)cc6)ccn5)c4)cccc32)c(-c2ccccc2)c1. The Labute approximate surface area is 424 Å². The minimum Gasteiger partial charge on any atom is -0.507 e. The average Bonchev–Trinajstić information content (AvgIpc) is 0.787. The lowest BCUT2D eigenvalue weighted by Gasteiger charge is -2.27. The third kappa shape index (κ3) is 8.48. The maximum atomic E-state index is 13.1. The monoisotopic (exact) mass is 891 g/mol. The number of aromatic nitrogens is 3. The summed E-state index contributed by atoms with van der Waals surface area (Å²) in [6, 6.07) is 55.2. The normalized spacial score (nSPS) is 17.8. The molecule has 10 rings (SSSR count). The van der Waals surface area contributed by atoms with Crippen molar-refractivity contribution < 1.29 is 33.9 Å². The van der Waals surface area contributed by atoms with E-state index in [1.165, 1.54) is 22.8 Å². The van der Waals surface area contributed by atoms with Crippen molar-refractivity contribution in [2.45, 2.75) is 58.8 Å². The zero-order chi connectivity index (χ0) is 64.0. The predicted molar refractivity (Wildman–Crippen MR) is 281 cm³/mol. The maximum Gasteiger partial charge on any atom is 0.149 e. The Hall–Kier alpha value is -7.82. The zero-order valence-electron chi connectivity index (χ0n) is 56.8. The number of hydrogen-bond donors (Lipinski definition) is 1. The fraction of sp³-hybridized carbons (Fsp3) is 0.143. The first-order valence-electron chi connectivity index (χ1n) is 31.9. The molecule has 0 spiro atoms. The van der Waals surface area contributed by atoms with Gasteiger partial charge in [-0.1, -0.05) is 186 Å². The molecule has 67 heavy (non-hydrogen) atoms. The summed E-state index contributed by atoms with van der Waals surface area (Å²) in [5, 5.41) is 13.1. The van der Waals surface area contributed by atoms with Crippen molar-refractivity contribution in [3.05, 3.63) is 217 Å². The maximum absolute atomic E-state index is 13.1. The van der Waals surface area contributed by atoms with Gasteiger partial charge >= 0.3 is 0 Å². The third-order valence-electron chi connectivity index (χ3n) is 11.9. The van der Waals surface area contributed by atoms with Crippen LogP contribution in [0.1, 0.15) is 86.6 Å². The van der Waals surface area contributed by atoms with Crippen molar-refractivity contribution in [1.29, 1.82) is 0 Å². The van der Waals surface area contributed by atoms with Gasteiger partial charge in [-0.25, -0.2) is 4.98 Å². The second-order valence-electron chi connectivity index (χ2n) is 16.5. The van der Waals surface area contributed by atoms with E-state index in [1.54, 1.807) is 54.7 Å². The molecule has 0 radical (unpaired) electrons. The van der Waals surface area contributed by atoms with Crippen LogP contribution in [0, 0.1) is 6.85 Å². The highest BCUT2D eigenvalue weighted by atomic mass is 16.3. The predicted octanol–water partition coefficient (Wildman–Crippen LogP) is 16.7. The number of pyridine rings is 1. The van der Waals surface area contributed by atoms with E-state index < -0.39 is 87.1 Å². The molecule has 1 N–H and O–H groups in total. The molecule has 8 aromatic carbocycles. The van der Waals surface area contributed by atoms with Crippen molar-refractivity contribution in [2.24, 2.45) is 0 Å². The molecular formula is C63H55N3O. The third-order valence-corrected chi connectivity index (χ3v) is 11.9. The summed E-state index contributed by atoms with van der Waals surface area (Å²) in [4.78, 5) is 9.98. The highest BCUT2D eigenvalue weighted by Crippen LogP contribution is 2.46.